The molecule has 1 aromatic heterocycles. The van der Waals surface area contributed by atoms with E-state index < -0.39 is 0 Å². The third kappa shape index (κ3) is 1.45. The fraction of sp³-hybridized carbons (Fsp3) is 0.857. The molecule has 1 aliphatic rings. The molecule has 0 unspecified atom stereocenters. The Hall–Kier alpha value is -0.970. The van der Waals surface area contributed by atoms with Gasteiger partial charge in [-0.1, -0.05) is 0 Å². The molecular formula is C7H13N5. The van der Waals surface area contributed by atoms with Crippen molar-refractivity contribution in [2.75, 3.05) is 0 Å². The van der Waals surface area contributed by atoms with Gasteiger partial charge in [-0.15, -0.1) is 5.10 Å². The number of nitrogens with two attached hydrogens (primary N) is 1. The molecule has 0 bridgehead atoms. The van der Waals surface area contributed by atoms with Crippen molar-refractivity contribution < 1.29 is 0 Å². The largest absolute Gasteiger partial charge is 0.328 e. The maximum absolute atomic E-state index is 5.79. The van der Waals surface area contributed by atoms with Crippen molar-refractivity contribution in [1.29, 1.82) is 0 Å². The molecular weight excluding hydrogens is 154 g/mol. The van der Waals surface area contributed by atoms with Crippen molar-refractivity contribution in [1.82, 2.24) is 20.6 Å². The minimum absolute atomic E-state index is 0.386. The van der Waals surface area contributed by atoms with Crippen molar-refractivity contribution in [2.24, 2.45) is 5.73 Å². The number of H-pyrrole nitrogens is 1. The van der Waals surface area contributed by atoms with Gasteiger partial charge in [0.05, 0.1) is 0 Å². The van der Waals surface area contributed by atoms with E-state index in [2.05, 4.69) is 20.6 Å². The summed E-state index contributed by atoms with van der Waals surface area (Å²) in [6, 6.07) is 0.386. The minimum Gasteiger partial charge on any atom is -0.328 e. The molecule has 0 aliphatic heterocycles. The molecule has 5 heteroatoms. The van der Waals surface area contributed by atoms with Crippen molar-refractivity contribution in [3.63, 3.8) is 0 Å². The van der Waals surface area contributed by atoms with Crippen LogP contribution < -0.4 is 5.73 Å². The molecule has 0 saturated heterocycles. The molecule has 1 heterocycles. The molecule has 0 aromatic carbocycles. The number of tetrazole rings is 1. The standard InChI is InChI=1S/C7H13N5/c8-6-3-1-5(2-4-6)7-9-11-12-10-7/h5-6H,1-4,8H2,(H,9,10,11,12)/t5-,6-. The van der Waals surface area contributed by atoms with Crippen LogP contribution in [0.2, 0.25) is 0 Å². The summed E-state index contributed by atoms with van der Waals surface area (Å²) in [5, 5.41) is 13.8. The lowest BCUT2D eigenvalue weighted by Gasteiger charge is -2.23. The van der Waals surface area contributed by atoms with E-state index in [1.54, 1.807) is 0 Å². The van der Waals surface area contributed by atoms with Crippen LogP contribution in [0.5, 0.6) is 0 Å². The molecule has 1 fully saturated rings. The van der Waals surface area contributed by atoms with Crippen LogP contribution in [0.3, 0.4) is 0 Å². The van der Waals surface area contributed by atoms with Crippen LogP contribution in [0.1, 0.15) is 37.4 Å². The van der Waals surface area contributed by atoms with E-state index >= 15 is 0 Å². The van der Waals surface area contributed by atoms with Crippen LogP contribution in [-0.2, 0) is 0 Å². The van der Waals surface area contributed by atoms with Gasteiger partial charge in [0.2, 0.25) is 0 Å². The topological polar surface area (TPSA) is 80.5 Å². The molecule has 2 rings (SSSR count). The van der Waals surface area contributed by atoms with E-state index in [1.807, 2.05) is 0 Å². The van der Waals surface area contributed by atoms with E-state index in [0.717, 1.165) is 31.5 Å². The van der Waals surface area contributed by atoms with Crippen LogP contribution >= 0.6 is 0 Å². The monoisotopic (exact) mass is 167 g/mol. The molecule has 0 amide bonds. The lowest BCUT2D eigenvalue weighted by molar-refractivity contribution is 0.385. The third-order valence-corrected chi connectivity index (χ3v) is 2.52. The van der Waals surface area contributed by atoms with Gasteiger partial charge in [-0.3, -0.25) is 0 Å². The number of aromatic nitrogens is 4. The zero-order valence-corrected chi connectivity index (χ0v) is 6.90. The Morgan fingerprint density at radius 3 is 2.58 bits per heavy atom. The Bertz CT molecular complexity index is 224. The highest BCUT2D eigenvalue weighted by molar-refractivity contribution is 4.94. The Labute approximate surface area is 70.7 Å². The number of rotatable bonds is 1. The van der Waals surface area contributed by atoms with Crippen LogP contribution in [0, 0.1) is 0 Å². The van der Waals surface area contributed by atoms with Gasteiger partial charge in [-0.05, 0) is 36.1 Å². The van der Waals surface area contributed by atoms with Crippen LogP contribution in [-0.4, -0.2) is 26.7 Å². The molecule has 1 aromatic rings. The fourth-order valence-electron chi connectivity index (χ4n) is 1.73. The maximum Gasteiger partial charge on any atom is 0.151 e. The van der Waals surface area contributed by atoms with Gasteiger partial charge >= 0.3 is 0 Å². The number of hydrogen-bond donors (Lipinski definition) is 2. The number of nitrogens with one attached hydrogen (secondary N) is 1. The van der Waals surface area contributed by atoms with Crippen molar-refractivity contribution in [3.05, 3.63) is 5.82 Å². The van der Waals surface area contributed by atoms with Crippen molar-refractivity contribution in [2.45, 2.75) is 37.6 Å². The Balaban J connectivity index is 1.99. The molecule has 1 aliphatic carbocycles. The second-order valence-corrected chi connectivity index (χ2v) is 3.40. The highest BCUT2D eigenvalue weighted by Gasteiger charge is 2.22. The molecule has 1 saturated carbocycles. The second kappa shape index (κ2) is 3.18. The van der Waals surface area contributed by atoms with Gasteiger partial charge in [0, 0.05) is 12.0 Å². The van der Waals surface area contributed by atoms with E-state index in [1.165, 1.54) is 0 Å². The average Bonchev–Trinajstić information content (AvgIpc) is 2.58. The summed E-state index contributed by atoms with van der Waals surface area (Å²) in [4.78, 5) is 0. The predicted molar refractivity (Wildman–Crippen MR) is 43.4 cm³/mol. The summed E-state index contributed by atoms with van der Waals surface area (Å²) in [5.74, 6) is 1.42. The van der Waals surface area contributed by atoms with Gasteiger partial charge in [0.15, 0.2) is 5.82 Å². The van der Waals surface area contributed by atoms with Gasteiger partial charge < -0.3 is 5.73 Å². The average molecular weight is 167 g/mol. The smallest absolute Gasteiger partial charge is 0.151 e. The number of aromatic amines is 1. The summed E-state index contributed by atoms with van der Waals surface area (Å²) in [5.41, 5.74) is 5.79. The summed E-state index contributed by atoms with van der Waals surface area (Å²) in [7, 11) is 0. The Morgan fingerprint density at radius 1 is 1.25 bits per heavy atom. The summed E-state index contributed by atoms with van der Waals surface area (Å²) in [6.07, 6.45) is 4.40. The molecule has 5 nitrogen and oxygen atoms in total. The highest BCUT2D eigenvalue weighted by Crippen LogP contribution is 2.29. The minimum atomic E-state index is 0.386. The summed E-state index contributed by atoms with van der Waals surface area (Å²) < 4.78 is 0. The first kappa shape index (κ1) is 7.67. The summed E-state index contributed by atoms with van der Waals surface area (Å²) in [6.45, 7) is 0. The SMILES string of the molecule is N[C@H]1CC[C@H](c2nnn[nH]2)CC1. The molecule has 3 N–H and O–H groups in total. The van der Waals surface area contributed by atoms with E-state index in [-0.39, 0.29) is 0 Å². The van der Waals surface area contributed by atoms with E-state index in [9.17, 15) is 0 Å². The molecule has 0 radical (unpaired) electrons. The zero-order chi connectivity index (χ0) is 8.39. The Morgan fingerprint density at radius 2 is 2.00 bits per heavy atom. The zero-order valence-electron chi connectivity index (χ0n) is 6.90. The maximum atomic E-state index is 5.79. The fourth-order valence-corrected chi connectivity index (χ4v) is 1.73. The van der Waals surface area contributed by atoms with Gasteiger partial charge in [0.25, 0.3) is 0 Å². The first-order chi connectivity index (χ1) is 5.86. The molecule has 66 valence electrons. The lowest BCUT2D eigenvalue weighted by Crippen LogP contribution is -2.26. The highest BCUT2D eigenvalue weighted by atomic mass is 15.5. The van der Waals surface area contributed by atoms with Crippen molar-refractivity contribution >= 4 is 0 Å². The molecule has 0 spiro atoms. The Kier molecular flexibility index (Phi) is 2.03. The van der Waals surface area contributed by atoms with Gasteiger partial charge in [0.1, 0.15) is 0 Å². The van der Waals surface area contributed by atoms with Gasteiger partial charge in [-0.2, -0.15) is 0 Å². The number of hydrogen-bond acceptors (Lipinski definition) is 4. The first-order valence-electron chi connectivity index (χ1n) is 4.35. The summed E-state index contributed by atoms with van der Waals surface area (Å²) >= 11 is 0. The second-order valence-electron chi connectivity index (χ2n) is 3.40. The van der Waals surface area contributed by atoms with Crippen molar-refractivity contribution in [3.8, 4) is 0 Å². The van der Waals surface area contributed by atoms with E-state index in [4.69, 9.17) is 5.73 Å². The third-order valence-electron chi connectivity index (χ3n) is 2.52. The van der Waals surface area contributed by atoms with Gasteiger partial charge in [-0.25, -0.2) is 5.10 Å². The lowest BCUT2D eigenvalue weighted by atomic mass is 9.86. The first-order valence-corrected chi connectivity index (χ1v) is 4.35. The quantitative estimate of drug-likeness (QED) is 0.625. The van der Waals surface area contributed by atoms with Crippen LogP contribution in [0.15, 0.2) is 0 Å². The normalized spacial score (nSPS) is 30.4. The van der Waals surface area contributed by atoms with Crippen LogP contribution in [0.4, 0.5) is 0 Å². The number of nitrogens with zero attached hydrogens (tertiary/aromatic N) is 3. The molecule has 12 heavy (non-hydrogen) atoms. The van der Waals surface area contributed by atoms with E-state index in [0.29, 0.717) is 12.0 Å². The molecule has 0 atom stereocenters. The predicted octanol–water partition coefficient (Wildman–Crippen LogP) is 0.185. The van der Waals surface area contributed by atoms with Crippen LogP contribution in [0.25, 0.3) is 0 Å².